The molecular formula is C19H27NO2. The lowest BCUT2D eigenvalue weighted by Gasteiger charge is -2.38. The smallest absolute Gasteiger partial charge is 0.165 e. The molecule has 0 atom stereocenters. The zero-order chi connectivity index (χ0) is 15.8. The van der Waals surface area contributed by atoms with Crippen LogP contribution in [0.5, 0.6) is 0 Å². The topological polar surface area (TPSA) is 42.2 Å². The van der Waals surface area contributed by atoms with Gasteiger partial charge in [-0.2, -0.15) is 5.26 Å². The molecule has 0 bridgehead atoms. The van der Waals surface area contributed by atoms with Crippen LogP contribution in [0.3, 0.4) is 0 Å². The molecule has 0 amide bonds. The first-order valence-corrected chi connectivity index (χ1v) is 8.45. The number of unbranched alkanes of at least 4 members (excludes halogenated alkanes) is 4. The van der Waals surface area contributed by atoms with Crippen LogP contribution in [0.2, 0.25) is 0 Å². The fourth-order valence-electron chi connectivity index (χ4n) is 2.86. The Morgan fingerprint density at radius 3 is 2.32 bits per heavy atom. The van der Waals surface area contributed by atoms with Crippen molar-refractivity contribution in [2.45, 2.75) is 64.1 Å². The van der Waals surface area contributed by atoms with Crippen LogP contribution in [-0.2, 0) is 9.47 Å². The summed E-state index contributed by atoms with van der Waals surface area (Å²) in [5.74, 6) is -0.157. The first-order valence-electron chi connectivity index (χ1n) is 8.45. The average molecular weight is 301 g/mol. The van der Waals surface area contributed by atoms with E-state index in [4.69, 9.17) is 14.7 Å². The van der Waals surface area contributed by atoms with E-state index in [0.717, 1.165) is 12.8 Å². The molecule has 0 aliphatic carbocycles. The Hall–Kier alpha value is -1.37. The number of hydrogen-bond donors (Lipinski definition) is 0. The molecule has 3 heteroatoms. The van der Waals surface area contributed by atoms with Crippen LogP contribution in [0.4, 0.5) is 0 Å². The maximum atomic E-state index is 8.84. The van der Waals surface area contributed by atoms with Gasteiger partial charge < -0.3 is 9.47 Å². The Balaban J connectivity index is 1.77. The normalized spacial score (nSPS) is 24.9. The Morgan fingerprint density at radius 1 is 1.09 bits per heavy atom. The third kappa shape index (κ3) is 4.83. The molecule has 1 aliphatic rings. The lowest BCUT2D eigenvalue weighted by molar-refractivity contribution is -0.266. The third-order valence-corrected chi connectivity index (χ3v) is 4.43. The van der Waals surface area contributed by atoms with Crippen molar-refractivity contribution in [3.63, 3.8) is 0 Å². The SMILES string of the molecule is CCCCCCC[C@]1(C)OC[C@@H](c2ccc(C#N)cc2)CO1. The van der Waals surface area contributed by atoms with Gasteiger partial charge in [0, 0.05) is 12.3 Å². The summed E-state index contributed by atoms with van der Waals surface area (Å²) in [6, 6.07) is 9.87. The highest BCUT2D eigenvalue weighted by atomic mass is 16.7. The van der Waals surface area contributed by atoms with Gasteiger partial charge in [-0.15, -0.1) is 0 Å². The monoisotopic (exact) mass is 301 g/mol. The summed E-state index contributed by atoms with van der Waals surface area (Å²) in [5.41, 5.74) is 1.88. The van der Waals surface area contributed by atoms with Crippen LogP contribution < -0.4 is 0 Å². The van der Waals surface area contributed by atoms with Crippen molar-refractivity contribution >= 4 is 0 Å². The molecule has 1 aromatic rings. The second-order valence-electron chi connectivity index (χ2n) is 6.35. The van der Waals surface area contributed by atoms with Gasteiger partial charge in [-0.1, -0.05) is 44.7 Å². The van der Waals surface area contributed by atoms with Crippen molar-refractivity contribution < 1.29 is 9.47 Å². The van der Waals surface area contributed by atoms with Gasteiger partial charge in [-0.05, 0) is 31.0 Å². The molecule has 22 heavy (non-hydrogen) atoms. The number of nitriles is 1. The minimum atomic E-state index is -0.421. The second kappa shape index (κ2) is 8.31. The van der Waals surface area contributed by atoms with Crippen molar-refractivity contribution in [1.82, 2.24) is 0 Å². The summed E-state index contributed by atoms with van der Waals surface area (Å²) < 4.78 is 12.0. The van der Waals surface area contributed by atoms with E-state index in [1.165, 1.54) is 31.2 Å². The number of nitrogens with zero attached hydrogens (tertiary/aromatic N) is 1. The molecule has 120 valence electrons. The summed E-state index contributed by atoms with van der Waals surface area (Å²) in [6.45, 7) is 5.68. The molecule has 0 saturated carbocycles. The van der Waals surface area contributed by atoms with Gasteiger partial charge in [0.1, 0.15) is 0 Å². The molecule has 0 radical (unpaired) electrons. The molecule has 2 rings (SSSR count). The minimum absolute atomic E-state index is 0.265. The summed E-state index contributed by atoms with van der Waals surface area (Å²) in [6.07, 6.45) is 7.29. The Kier molecular flexibility index (Phi) is 6.42. The standard InChI is InChI=1S/C19H27NO2/c1-3-4-5-6-7-12-19(2)21-14-18(15-22-19)17-10-8-16(13-20)9-11-17/h8-11,18H,3-7,12,14-15H2,1-2H3/t18-,19-. The van der Waals surface area contributed by atoms with E-state index in [9.17, 15) is 0 Å². The molecular weight excluding hydrogens is 274 g/mol. The van der Waals surface area contributed by atoms with E-state index < -0.39 is 5.79 Å². The van der Waals surface area contributed by atoms with E-state index in [1.807, 2.05) is 24.3 Å². The lowest BCUT2D eigenvalue weighted by atomic mass is 9.97. The predicted molar refractivity (Wildman–Crippen MR) is 87.6 cm³/mol. The second-order valence-corrected chi connectivity index (χ2v) is 6.35. The molecule has 1 fully saturated rings. The fourth-order valence-corrected chi connectivity index (χ4v) is 2.86. The zero-order valence-corrected chi connectivity index (χ0v) is 13.8. The molecule has 3 nitrogen and oxygen atoms in total. The lowest BCUT2D eigenvalue weighted by Crippen LogP contribution is -2.40. The molecule has 0 unspecified atom stereocenters. The van der Waals surface area contributed by atoms with Crippen LogP contribution in [0.1, 0.15) is 69.4 Å². The number of ether oxygens (including phenoxy) is 2. The van der Waals surface area contributed by atoms with Crippen molar-refractivity contribution in [3.05, 3.63) is 35.4 Å². The van der Waals surface area contributed by atoms with Gasteiger partial charge in [-0.3, -0.25) is 0 Å². The maximum absolute atomic E-state index is 8.84. The summed E-state index contributed by atoms with van der Waals surface area (Å²) in [4.78, 5) is 0. The summed E-state index contributed by atoms with van der Waals surface area (Å²) in [7, 11) is 0. The highest BCUT2D eigenvalue weighted by molar-refractivity contribution is 5.33. The van der Waals surface area contributed by atoms with E-state index in [1.54, 1.807) is 0 Å². The minimum Gasteiger partial charge on any atom is -0.350 e. The molecule has 1 aromatic carbocycles. The molecule has 1 heterocycles. The number of hydrogen-bond acceptors (Lipinski definition) is 3. The van der Waals surface area contributed by atoms with Crippen molar-refractivity contribution in [2.24, 2.45) is 0 Å². The van der Waals surface area contributed by atoms with Crippen LogP contribution in [0.15, 0.2) is 24.3 Å². The van der Waals surface area contributed by atoms with Crippen molar-refractivity contribution in [2.75, 3.05) is 13.2 Å². The average Bonchev–Trinajstić information content (AvgIpc) is 2.55. The van der Waals surface area contributed by atoms with Crippen LogP contribution in [-0.4, -0.2) is 19.0 Å². The molecule has 0 spiro atoms. The van der Waals surface area contributed by atoms with Gasteiger partial charge in [0.2, 0.25) is 0 Å². The quantitative estimate of drug-likeness (QED) is 0.681. The fraction of sp³-hybridized carbons (Fsp3) is 0.632. The highest BCUT2D eigenvalue weighted by Crippen LogP contribution is 2.31. The van der Waals surface area contributed by atoms with Gasteiger partial charge in [0.25, 0.3) is 0 Å². The summed E-state index contributed by atoms with van der Waals surface area (Å²) >= 11 is 0. The molecule has 1 saturated heterocycles. The van der Waals surface area contributed by atoms with E-state index >= 15 is 0 Å². The van der Waals surface area contributed by atoms with Gasteiger partial charge >= 0.3 is 0 Å². The van der Waals surface area contributed by atoms with Gasteiger partial charge in [0.15, 0.2) is 5.79 Å². The first-order chi connectivity index (χ1) is 10.7. The zero-order valence-electron chi connectivity index (χ0n) is 13.8. The highest BCUT2D eigenvalue weighted by Gasteiger charge is 2.32. The third-order valence-electron chi connectivity index (χ3n) is 4.43. The Morgan fingerprint density at radius 2 is 1.73 bits per heavy atom. The van der Waals surface area contributed by atoms with Gasteiger partial charge in [0.05, 0.1) is 24.8 Å². The largest absolute Gasteiger partial charge is 0.350 e. The summed E-state index contributed by atoms with van der Waals surface area (Å²) in [5, 5.41) is 8.84. The van der Waals surface area contributed by atoms with Gasteiger partial charge in [-0.25, -0.2) is 0 Å². The number of rotatable bonds is 7. The maximum Gasteiger partial charge on any atom is 0.165 e. The van der Waals surface area contributed by atoms with Crippen LogP contribution in [0, 0.1) is 11.3 Å². The molecule has 0 N–H and O–H groups in total. The van der Waals surface area contributed by atoms with Crippen molar-refractivity contribution in [3.8, 4) is 6.07 Å². The van der Waals surface area contributed by atoms with E-state index in [0.29, 0.717) is 18.8 Å². The predicted octanol–water partition coefficient (Wildman–Crippen LogP) is 4.77. The van der Waals surface area contributed by atoms with Crippen molar-refractivity contribution in [1.29, 1.82) is 5.26 Å². The van der Waals surface area contributed by atoms with Crippen LogP contribution >= 0.6 is 0 Å². The number of benzene rings is 1. The Bertz CT molecular complexity index is 481. The Labute approximate surface area is 134 Å². The first kappa shape index (κ1) is 17.0. The molecule has 0 aromatic heterocycles. The van der Waals surface area contributed by atoms with E-state index in [-0.39, 0.29) is 5.92 Å². The van der Waals surface area contributed by atoms with E-state index in [2.05, 4.69) is 19.9 Å². The molecule has 1 aliphatic heterocycles. The van der Waals surface area contributed by atoms with Crippen LogP contribution in [0.25, 0.3) is 0 Å².